The lowest BCUT2D eigenvalue weighted by atomic mass is 10.1. The summed E-state index contributed by atoms with van der Waals surface area (Å²) in [4.78, 5) is 0. The van der Waals surface area contributed by atoms with Crippen LogP contribution in [0.2, 0.25) is 0 Å². The lowest BCUT2D eigenvalue weighted by Crippen LogP contribution is -2.39. The molecule has 0 atom stereocenters. The van der Waals surface area contributed by atoms with E-state index in [4.69, 9.17) is 11.6 Å². The van der Waals surface area contributed by atoms with Crippen LogP contribution in [0.15, 0.2) is 0 Å². The molecule has 1 aliphatic carbocycles. The van der Waals surface area contributed by atoms with E-state index in [0.29, 0.717) is 18.8 Å². The van der Waals surface area contributed by atoms with Crippen molar-refractivity contribution in [3.8, 4) is 0 Å². The van der Waals surface area contributed by atoms with Gasteiger partial charge in [0, 0.05) is 17.2 Å². The van der Waals surface area contributed by atoms with Gasteiger partial charge in [-0.1, -0.05) is 12.8 Å². The van der Waals surface area contributed by atoms with Crippen LogP contribution in [-0.4, -0.2) is 37.6 Å². The molecule has 0 amide bonds. The molecule has 0 heterocycles. The quantitative estimate of drug-likeness (QED) is 0.553. The van der Waals surface area contributed by atoms with Gasteiger partial charge in [0.25, 0.3) is 0 Å². The Morgan fingerprint density at radius 3 is 2.47 bits per heavy atom. The van der Waals surface area contributed by atoms with E-state index in [2.05, 4.69) is 11.0 Å². The first-order valence-corrected chi connectivity index (χ1v) is 9.53. The van der Waals surface area contributed by atoms with Gasteiger partial charge in [0.2, 0.25) is 10.0 Å². The Hall–Kier alpha value is 0.550. The van der Waals surface area contributed by atoms with Gasteiger partial charge in [-0.3, -0.25) is 0 Å². The topological polar surface area (TPSA) is 46.2 Å². The van der Waals surface area contributed by atoms with Crippen LogP contribution in [0.5, 0.6) is 0 Å². The molecule has 1 N–H and O–H groups in total. The maximum atomic E-state index is 11.8. The first-order valence-electron chi connectivity index (χ1n) is 6.12. The summed E-state index contributed by atoms with van der Waals surface area (Å²) in [5.74, 6) is 0.731. The van der Waals surface area contributed by atoms with Crippen molar-refractivity contribution in [2.75, 3.05) is 24.4 Å². The van der Waals surface area contributed by atoms with Gasteiger partial charge >= 0.3 is 0 Å². The standard InChI is InChI=1S/C11H22ClNO2S2/c1-16-11(6-2-3-7-11)10-13-17(14,15)9-5-4-8-12/h13H,2-10H2,1H3. The Kier molecular flexibility index (Phi) is 6.62. The van der Waals surface area contributed by atoms with Crippen molar-refractivity contribution in [1.29, 1.82) is 0 Å². The molecule has 0 aromatic rings. The van der Waals surface area contributed by atoms with Crippen molar-refractivity contribution in [3.05, 3.63) is 0 Å². The number of alkyl halides is 1. The van der Waals surface area contributed by atoms with Gasteiger partial charge in [-0.05, 0) is 31.9 Å². The van der Waals surface area contributed by atoms with Crippen molar-refractivity contribution in [1.82, 2.24) is 4.72 Å². The van der Waals surface area contributed by atoms with E-state index in [1.807, 2.05) is 0 Å². The number of hydrogen-bond donors (Lipinski definition) is 1. The predicted octanol–water partition coefficient (Wildman–Crippen LogP) is 2.60. The lowest BCUT2D eigenvalue weighted by Gasteiger charge is -2.26. The van der Waals surface area contributed by atoms with Gasteiger partial charge in [-0.15, -0.1) is 11.6 Å². The average Bonchev–Trinajstić information content (AvgIpc) is 2.76. The van der Waals surface area contributed by atoms with Crippen molar-refractivity contribution >= 4 is 33.4 Å². The highest BCUT2D eigenvalue weighted by molar-refractivity contribution is 8.00. The summed E-state index contributed by atoms with van der Waals surface area (Å²) in [7, 11) is -3.11. The number of unbranched alkanes of at least 4 members (excludes halogenated alkanes) is 1. The zero-order valence-electron chi connectivity index (χ0n) is 10.4. The molecule has 0 aliphatic heterocycles. The molecule has 0 spiro atoms. The first-order chi connectivity index (χ1) is 8.04. The molecule has 1 rings (SSSR count). The van der Waals surface area contributed by atoms with Gasteiger partial charge in [0.1, 0.15) is 0 Å². The Labute approximate surface area is 114 Å². The Bertz CT molecular complexity index is 313. The number of halogens is 1. The molecule has 0 bridgehead atoms. The zero-order valence-corrected chi connectivity index (χ0v) is 12.8. The molecule has 3 nitrogen and oxygen atoms in total. The maximum absolute atomic E-state index is 11.8. The third-order valence-electron chi connectivity index (χ3n) is 3.36. The van der Waals surface area contributed by atoms with Gasteiger partial charge in [0.05, 0.1) is 5.75 Å². The number of nitrogens with one attached hydrogen (secondary N) is 1. The molecular weight excluding hydrogens is 278 g/mol. The highest BCUT2D eigenvalue weighted by Gasteiger charge is 2.33. The molecule has 6 heteroatoms. The number of hydrogen-bond acceptors (Lipinski definition) is 3. The van der Waals surface area contributed by atoms with E-state index in [1.165, 1.54) is 12.8 Å². The first kappa shape index (κ1) is 15.6. The molecule has 0 unspecified atom stereocenters. The highest BCUT2D eigenvalue weighted by Crippen LogP contribution is 2.39. The van der Waals surface area contributed by atoms with Crippen molar-refractivity contribution < 1.29 is 8.42 Å². The minimum atomic E-state index is -3.11. The molecule has 0 radical (unpaired) electrons. The number of sulfonamides is 1. The van der Waals surface area contributed by atoms with Crippen LogP contribution in [-0.2, 0) is 10.0 Å². The monoisotopic (exact) mass is 299 g/mol. The van der Waals surface area contributed by atoms with E-state index < -0.39 is 10.0 Å². The van der Waals surface area contributed by atoms with Crippen LogP contribution in [0.1, 0.15) is 38.5 Å². The summed E-state index contributed by atoms with van der Waals surface area (Å²) < 4.78 is 26.4. The molecule has 0 aromatic heterocycles. The van der Waals surface area contributed by atoms with E-state index >= 15 is 0 Å². The fourth-order valence-electron chi connectivity index (χ4n) is 2.17. The Morgan fingerprint density at radius 1 is 1.29 bits per heavy atom. The second kappa shape index (κ2) is 7.22. The van der Waals surface area contributed by atoms with Crippen LogP contribution < -0.4 is 4.72 Å². The second-order valence-corrected chi connectivity index (χ2v) is 8.21. The van der Waals surface area contributed by atoms with Crippen LogP contribution in [0.3, 0.4) is 0 Å². The predicted molar refractivity (Wildman–Crippen MR) is 76.5 cm³/mol. The minimum absolute atomic E-state index is 0.138. The van der Waals surface area contributed by atoms with E-state index in [0.717, 1.165) is 19.3 Å². The van der Waals surface area contributed by atoms with Crippen molar-refractivity contribution in [2.45, 2.75) is 43.3 Å². The Balaban J connectivity index is 2.37. The normalized spacial score (nSPS) is 19.6. The summed E-state index contributed by atoms with van der Waals surface area (Å²) in [6.07, 6.45) is 8.16. The average molecular weight is 300 g/mol. The fraction of sp³-hybridized carbons (Fsp3) is 1.00. The third kappa shape index (κ3) is 5.37. The molecule has 1 aliphatic rings. The van der Waals surface area contributed by atoms with Crippen LogP contribution in [0, 0.1) is 0 Å². The van der Waals surface area contributed by atoms with Gasteiger partial charge < -0.3 is 0 Å². The second-order valence-electron chi connectivity index (χ2n) is 4.63. The molecule has 1 saturated carbocycles. The molecular formula is C11H22ClNO2S2. The summed E-state index contributed by atoms with van der Waals surface area (Å²) in [5, 5.41) is 0. The van der Waals surface area contributed by atoms with Crippen LogP contribution in [0.25, 0.3) is 0 Å². The lowest BCUT2D eigenvalue weighted by molar-refractivity contribution is 0.549. The zero-order chi connectivity index (χ0) is 12.8. The maximum Gasteiger partial charge on any atom is 0.211 e. The molecule has 102 valence electrons. The molecule has 1 fully saturated rings. The molecule has 0 saturated heterocycles. The molecule has 17 heavy (non-hydrogen) atoms. The molecule has 0 aromatic carbocycles. The van der Waals surface area contributed by atoms with Gasteiger partial charge in [-0.25, -0.2) is 13.1 Å². The summed E-state index contributed by atoms with van der Waals surface area (Å²) in [6.45, 7) is 0.581. The van der Waals surface area contributed by atoms with E-state index in [-0.39, 0.29) is 10.5 Å². The van der Waals surface area contributed by atoms with Crippen molar-refractivity contribution in [2.24, 2.45) is 0 Å². The smallest absolute Gasteiger partial charge is 0.211 e. The van der Waals surface area contributed by atoms with Crippen LogP contribution >= 0.6 is 23.4 Å². The summed E-state index contributed by atoms with van der Waals surface area (Å²) in [6, 6.07) is 0. The Morgan fingerprint density at radius 2 is 1.94 bits per heavy atom. The van der Waals surface area contributed by atoms with Crippen LogP contribution in [0.4, 0.5) is 0 Å². The SMILES string of the molecule is CSC1(CNS(=O)(=O)CCCCCl)CCCC1. The largest absolute Gasteiger partial charge is 0.214 e. The van der Waals surface area contributed by atoms with Gasteiger partial charge in [0.15, 0.2) is 0 Å². The van der Waals surface area contributed by atoms with E-state index in [9.17, 15) is 8.42 Å². The summed E-state index contributed by atoms with van der Waals surface area (Å²) >= 11 is 7.34. The number of rotatable bonds is 8. The van der Waals surface area contributed by atoms with E-state index in [1.54, 1.807) is 11.8 Å². The summed E-state index contributed by atoms with van der Waals surface area (Å²) in [5.41, 5.74) is 0. The highest BCUT2D eigenvalue weighted by atomic mass is 35.5. The minimum Gasteiger partial charge on any atom is -0.214 e. The fourth-order valence-corrected chi connectivity index (χ4v) is 4.59. The van der Waals surface area contributed by atoms with Gasteiger partial charge in [-0.2, -0.15) is 11.8 Å². The third-order valence-corrected chi connectivity index (χ3v) is 6.45. The number of thioether (sulfide) groups is 1. The van der Waals surface area contributed by atoms with Crippen molar-refractivity contribution in [3.63, 3.8) is 0 Å².